The molecule has 0 saturated carbocycles. The van der Waals surface area contributed by atoms with E-state index in [1.165, 1.54) is 0 Å². The van der Waals surface area contributed by atoms with Gasteiger partial charge in [-0.25, -0.2) is 4.68 Å². The Morgan fingerprint density at radius 2 is 1.76 bits per heavy atom. The molecule has 0 atom stereocenters. The van der Waals surface area contributed by atoms with Crippen molar-refractivity contribution >= 4 is 5.69 Å². The van der Waals surface area contributed by atoms with Crippen molar-refractivity contribution in [3.05, 3.63) is 40.7 Å². The van der Waals surface area contributed by atoms with Gasteiger partial charge in [0.15, 0.2) is 0 Å². The molecule has 0 aliphatic rings. The fraction of sp³-hybridized carbons (Fsp3) is 0.471. The highest BCUT2D eigenvalue weighted by atomic mass is 16.1. The Bertz CT molecular complexity index is 638. The number of nitrogens with two attached hydrogens (primary N) is 1. The predicted octanol–water partition coefficient (Wildman–Crippen LogP) is 3.36. The zero-order valence-corrected chi connectivity index (χ0v) is 13.2. The van der Waals surface area contributed by atoms with Gasteiger partial charge >= 0.3 is 0 Å². The van der Waals surface area contributed by atoms with Crippen LogP contribution in [0.25, 0.3) is 11.3 Å². The molecule has 4 heteroatoms. The largest absolute Gasteiger partial charge is 0.392 e. The maximum Gasteiger partial charge on any atom is 0.290 e. The van der Waals surface area contributed by atoms with Gasteiger partial charge in [0.1, 0.15) is 5.69 Å². The summed E-state index contributed by atoms with van der Waals surface area (Å²) < 4.78 is 3.86. The lowest BCUT2D eigenvalue weighted by atomic mass is 10.1. The molecule has 4 nitrogen and oxygen atoms in total. The van der Waals surface area contributed by atoms with Crippen molar-refractivity contribution in [3.8, 4) is 11.3 Å². The zero-order chi connectivity index (χ0) is 15.4. The number of nitrogen functional groups attached to an aromatic ring is 1. The van der Waals surface area contributed by atoms with Gasteiger partial charge in [-0.2, -0.15) is 0 Å². The third-order valence-corrected chi connectivity index (χ3v) is 3.67. The zero-order valence-electron chi connectivity index (χ0n) is 13.2. The van der Waals surface area contributed by atoms with E-state index in [9.17, 15) is 4.79 Å². The van der Waals surface area contributed by atoms with Crippen LogP contribution in [0.15, 0.2) is 35.1 Å². The number of nitrogens with zero attached hydrogens (tertiary/aromatic N) is 2. The van der Waals surface area contributed by atoms with Crippen LogP contribution < -0.4 is 11.3 Å². The van der Waals surface area contributed by atoms with Crippen LogP contribution in [0.1, 0.15) is 33.6 Å². The molecular formula is C17H25N3O. The summed E-state index contributed by atoms with van der Waals surface area (Å²) in [5.74, 6) is 0.559. The van der Waals surface area contributed by atoms with Crippen LogP contribution in [0, 0.1) is 5.92 Å². The van der Waals surface area contributed by atoms with Crippen molar-refractivity contribution in [2.24, 2.45) is 5.92 Å². The minimum absolute atomic E-state index is 0.0667. The Morgan fingerprint density at radius 3 is 2.33 bits per heavy atom. The minimum atomic E-state index is -0.0667. The Balaban J connectivity index is 2.54. The highest BCUT2D eigenvalue weighted by Crippen LogP contribution is 2.24. The van der Waals surface area contributed by atoms with Gasteiger partial charge in [-0.15, -0.1) is 0 Å². The SMILES string of the molecule is CCCn1c(-c2ccccc2)c(N)c(=O)n1CCC(C)C. The Hall–Kier alpha value is -1.97. The van der Waals surface area contributed by atoms with E-state index >= 15 is 0 Å². The molecule has 2 N–H and O–H groups in total. The number of anilines is 1. The lowest BCUT2D eigenvalue weighted by Gasteiger charge is -2.15. The summed E-state index contributed by atoms with van der Waals surface area (Å²) in [7, 11) is 0. The van der Waals surface area contributed by atoms with Crippen molar-refractivity contribution in [1.82, 2.24) is 9.36 Å². The maximum atomic E-state index is 12.5. The van der Waals surface area contributed by atoms with Crippen molar-refractivity contribution in [2.75, 3.05) is 5.73 Å². The lowest BCUT2D eigenvalue weighted by molar-refractivity contribution is 0.402. The summed E-state index contributed by atoms with van der Waals surface area (Å²) in [6, 6.07) is 9.92. The van der Waals surface area contributed by atoms with E-state index in [0.29, 0.717) is 18.2 Å². The van der Waals surface area contributed by atoms with E-state index in [1.807, 2.05) is 30.3 Å². The molecule has 0 aliphatic heterocycles. The molecule has 0 unspecified atom stereocenters. The van der Waals surface area contributed by atoms with E-state index in [1.54, 1.807) is 4.68 Å². The molecule has 1 aromatic heterocycles. The predicted molar refractivity (Wildman–Crippen MR) is 88.3 cm³/mol. The van der Waals surface area contributed by atoms with Gasteiger partial charge in [-0.05, 0) is 18.8 Å². The second-order valence-electron chi connectivity index (χ2n) is 5.86. The molecule has 2 rings (SSSR count). The highest BCUT2D eigenvalue weighted by Gasteiger charge is 2.18. The fourth-order valence-electron chi connectivity index (χ4n) is 2.56. The minimum Gasteiger partial charge on any atom is -0.392 e. The maximum absolute atomic E-state index is 12.5. The van der Waals surface area contributed by atoms with E-state index in [2.05, 4.69) is 25.5 Å². The van der Waals surface area contributed by atoms with Crippen LogP contribution in [-0.2, 0) is 13.1 Å². The standard InChI is InChI=1S/C17H25N3O/c1-4-11-19-16(14-8-6-5-7-9-14)15(18)17(21)20(19)12-10-13(2)3/h5-9,13H,4,10-12,18H2,1-3H3. The molecule has 0 saturated heterocycles. The normalized spacial score (nSPS) is 11.2. The van der Waals surface area contributed by atoms with Crippen LogP contribution >= 0.6 is 0 Å². The summed E-state index contributed by atoms with van der Waals surface area (Å²) in [6.07, 6.45) is 1.94. The quantitative estimate of drug-likeness (QED) is 0.885. The van der Waals surface area contributed by atoms with Gasteiger partial charge in [0.2, 0.25) is 0 Å². The molecular weight excluding hydrogens is 262 g/mol. The summed E-state index contributed by atoms with van der Waals surface area (Å²) >= 11 is 0. The van der Waals surface area contributed by atoms with Crippen LogP contribution in [0.5, 0.6) is 0 Å². The van der Waals surface area contributed by atoms with E-state index < -0.39 is 0 Å². The first-order chi connectivity index (χ1) is 10.1. The van der Waals surface area contributed by atoms with Gasteiger partial charge in [0, 0.05) is 18.7 Å². The summed E-state index contributed by atoms with van der Waals surface area (Å²) in [5, 5.41) is 0. The summed E-state index contributed by atoms with van der Waals surface area (Å²) in [5.41, 5.74) is 8.27. The molecule has 0 bridgehead atoms. The van der Waals surface area contributed by atoms with Crippen LogP contribution in [-0.4, -0.2) is 9.36 Å². The number of benzene rings is 1. The van der Waals surface area contributed by atoms with Gasteiger partial charge < -0.3 is 5.73 Å². The summed E-state index contributed by atoms with van der Waals surface area (Å²) in [4.78, 5) is 12.5. The van der Waals surface area contributed by atoms with E-state index in [0.717, 1.165) is 30.6 Å². The molecule has 0 spiro atoms. The van der Waals surface area contributed by atoms with Crippen molar-refractivity contribution in [1.29, 1.82) is 0 Å². The second-order valence-corrected chi connectivity index (χ2v) is 5.86. The highest BCUT2D eigenvalue weighted by molar-refractivity contribution is 5.72. The molecule has 0 amide bonds. The number of aromatic nitrogens is 2. The fourth-order valence-corrected chi connectivity index (χ4v) is 2.56. The molecule has 21 heavy (non-hydrogen) atoms. The number of hydrogen-bond donors (Lipinski definition) is 1. The smallest absolute Gasteiger partial charge is 0.290 e. The number of rotatable bonds is 6. The monoisotopic (exact) mass is 287 g/mol. The average molecular weight is 287 g/mol. The Labute approximate surface area is 126 Å². The molecule has 114 valence electrons. The lowest BCUT2D eigenvalue weighted by Crippen LogP contribution is -2.25. The van der Waals surface area contributed by atoms with Crippen LogP contribution in [0.2, 0.25) is 0 Å². The number of hydrogen-bond acceptors (Lipinski definition) is 2. The molecule has 0 radical (unpaired) electrons. The first-order valence-corrected chi connectivity index (χ1v) is 7.70. The van der Waals surface area contributed by atoms with E-state index in [-0.39, 0.29) is 5.56 Å². The van der Waals surface area contributed by atoms with Gasteiger partial charge in [0.05, 0.1) is 5.69 Å². The van der Waals surface area contributed by atoms with Gasteiger partial charge in [-0.3, -0.25) is 9.48 Å². The van der Waals surface area contributed by atoms with Crippen LogP contribution in [0.4, 0.5) is 5.69 Å². The van der Waals surface area contributed by atoms with Gasteiger partial charge in [-0.1, -0.05) is 51.1 Å². The van der Waals surface area contributed by atoms with Gasteiger partial charge in [0.25, 0.3) is 5.56 Å². The second kappa shape index (κ2) is 6.66. The Morgan fingerprint density at radius 1 is 1.10 bits per heavy atom. The molecule has 0 aliphatic carbocycles. The first kappa shape index (κ1) is 15.4. The summed E-state index contributed by atoms with van der Waals surface area (Å²) in [6.45, 7) is 7.96. The van der Waals surface area contributed by atoms with Crippen molar-refractivity contribution in [2.45, 2.75) is 46.7 Å². The van der Waals surface area contributed by atoms with Crippen LogP contribution in [0.3, 0.4) is 0 Å². The average Bonchev–Trinajstić information content (AvgIpc) is 2.70. The third kappa shape index (κ3) is 3.20. The Kier molecular flexibility index (Phi) is 4.89. The first-order valence-electron chi connectivity index (χ1n) is 7.70. The molecule has 2 aromatic rings. The molecule has 0 fully saturated rings. The van der Waals surface area contributed by atoms with Crippen molar-refractivity contribution in [3.63, 3.8) is 0 Å². The molecule has 1 heterocycles. The third-order valence-electron chi connectivity index (χ3n) is 3.67. The van der Waals surface area contributed by atoms with E-state index in [4.69, 9.17) is 5.73 Å². The molecule has 1 aromatic carbocycles. The topological polar surface area (TPSA) is 52.9 Å². The van der Waals surface area contributed by atoms with Crippen molar-refractivity contribution < 1.29 is 0 Å².